The summed E-state index contributed by atoms with van der Waals surface area (Å²) >= 11 is 6.41. The monoisotopic (exact) mass is 551 g/mol. The Labute approximate surface area is 222 Å². The van der Waals surface area contributed by atoms with Crippen molar-refractivity contribution in [2.45, 2.75) is 13.0 Å². The number of hydrogen-bond donors (Lipinski definition) is 1. The van der Waals surface area contributed by atoms with Crippen LogP contribution in [0.4, 0.5) is 24.8 Å². The largest absolute Gasteiger partial charge is 0.493 e. The van der Waals surface area contributed by atoms with Gasteiger partial charge in [0.25, 0.3) is 0 Å². The van der Waals surface area contributed by atoms with Crippen LogP contribution in [0.2, 0.25) is 5.02 Å². The summed E-state index contributed by atoms with van der Waals surface area (Å²) in [5, 5.41) is 4.36. The maximum Gasteiger partial charge on any atom is 0.359 e. The number of aromatic nitrogens is 4. The molecule has 1 aliphatic heterocycles. The average molecular weight is 552 g/mol. The third-order valence-electron chi connectivity index (χ3n) is 6.37. The van der Waals surface area contributed by atoms with Crippen molar-refractivity contribution in [3.8, 4) is 11.4 Å². The summed E-state index contributed by atoms with van der Waals surface area (Å²) in [6, 6.07) is 11.8. The van der Waals surface area contributed by atoms with Gasteiger partial charge in [-0.15, -0.1) is 0 Å². The first-order chi connectivity index (χ1) is 18.8. The van der Waals surface area contributed by atoms with Crippen molar-refractivity contribution in [1.29, 1.82) is 0 Å². The van der Waals surface area contributed by atoms with E-state index in [0.717, 1.165) is 26.8 Å². The molecular formula is C27H17ClF3N5O3. The minimum Gasteiger partial charge on any atom is -0.493 e. The lowest BCUT2D eigenvalue weighted by atomic mass is 10.1. The molecule has 0 amide bonds. The van der Waals surface area contributed by atoms with Gasteiger partial charge in [-0.25, -0.2) is 27.3 Å². The Balaban J connectivity index is 1.55. The molecule has 0 saturated heterocycles. The van der Waals surface area contributed by atoms with Crippen LogP contribution in [0.25, 0.3) is 16.5 Å². The van der Waals surface area contributed by atoms with Crippen molar-refractivity contribution < 1.29 is 17.9 Å². The van der Waals surface area contributed by atoms with Gasteiger partial charge < -0.3 is 10.1 Å². The smallest absolute Gasteiger partial charge is 0.359 e. The number of anilines is 2. The molecule has 3 heterocycles. The number of fused-ring (bicyclic) bond motifs is 2. The maximum absolute atomic E-state index is 14.0. The summed E-state index contributed by atoms with van der Waals surface area (Å²) < 4.78 is 49.0. The van der Waals surface area contributed by atoms with Crippen LogP contribution in [-0.4, -0.2) is 25.7 Å². The summed E-state index contributed by atoms with van der Waals surface area (Å²) in [6.45, 7) is 0.0291. The van der Waals surface area contributed by atoms with Crippen molar-refractivity contribution in [3.63, 3.8) is 0 Å². The van der Waals surface area contributed by atoms with Crippen molar-refractivity contribution in [3.05, 3.63) is 115 Å². The number of benzene rings is 3. The Morgan fingerprint density at radius 3 is 2.59 bits per heavy atom. The lowest BCUT2D eigenvalue weighted by Crippen LogP contribution is -2.42. The van der Waals surface area contributed by atoms with Gasteiger partial charge in [0.05, 0.1) is 35.7 Å². The van der Waals surface area contributed by atoms with Crippen molar-refractivity contribution in [2.24, 2.45) is 0 Å². The van der Waals surface area contributed by atoms with Gasteiger partial charge in [0.15, 0.2) is 17.5 Å². The Morgan fingerprint density at radius 1 is 1.03 bits per heavy atom. The number of pyridine rings is 1. The van der Waals surface area contributed by atoms with Gasteiger partial charge in [0, 0.05) is 29.5 Å². The average Bonchev–Trinajstić information content (AvgIpc) is 3.36. The predicted molar refractivity (Wildman–Crippen MR) is 139 cm³/mol. The Kier molecular flexibility index (Phi) is 6.07. The molecule has 196 valence electrons. The highest BCUT2D eigenvalue weighted by Gasteiger charge is 2.21. The van der Waals surface area contributed by atoms with Crippen LogP contribution in [-0.2, 0) is 13.0 Å². The molecule has 0 radical (unpaired) electrons. The zero-order valence-electron chi connectivity index (χ0n) is 19.9. The van der Waals surface area contributed by atoms with Gasteiger partial charge >= 0.3 is 11.4 Å². The number of halogens is 4. The first-order valence-electron chi connectivity index (χ1n) is 11.7. The molecule has 0 unspecified atom stereocenters. The molecule has 39 heavy (non-hydrogen) atoms. The quantitative estimate of drug-likeness (QED) is 0.317. The van der Waals surface area contributed by atoms with E-state index >= 15 is 0 Å². The number of nitrogens with one attached hydrogen (secondary N) is 1. The Bertz CT molecular complexity index is 1880. The van der Waals surface area contributed by atoms with Gasteiger partial charge in [0.2, 0.25) is 5.95 Å². The summed E-state index contributed by atoms with van der Waals surface area (Å²) in [4.78, 5) is 35.4. The van der Waals surface area contributed by atoms with Crippen molar-refractivity contribution >= 4 is 34.0 Å². The lowest BCUT2D eigenvalue weighted by molar-refractivity contribution is 0.357. The van der Waals surface area contributed by atoms with E-state index in [1.165, 1.54) is 6.20 Å². The fraction of sp³-hybridized carbons (Fsp3) is 0.111. The Hall–Kier alpha value is -4.64. The number of ether oxygens (including phenoxy) is 1. The second-order valence-electron chi connectivity index (χ2n) is 8.84. The molecule has 6 rings (SSSR count). The standard InChI is InChI=1S/C27H17ClF3N5O3/c28-18-10-23-15(5-6-39-23)9-21(18)33-25-34-26(37)36(22-12-32-11-16-3-1-2-4-17(16)22)27(38)35(25)13-14-7-19(29)24(31)20(30)8-14/h1-4,7-12H,5-6,13H2,(H,33,34,37). The number of rotatable bonds is 5. The molecule has 1 N–H and O–H groups in total. The van der Waals surface area contributed by atoms with E-state index in [-0.39, 0.29) is 22.2 Å². The van der Waals surface area contributed by atoms with E-state index in [0.29, 0.717) is 35.2 Å². The first-order valence-corrected chi connectivity index (χ1v) is 12.1. The van der Waals surface area contributed by atoms with Crippen molar-refractivity contribution in [1.82, 2.24) is 19.1 Å². The van der Waals surface area contributed by atoms with Gasteiger partial charge in [-0.3, -0.25) is 9.55 Å². The minimum atomic E-state index is -1.64. The molecule has 0 bridgehead atoms. The maximum atomic E-state index is 14.0. The molecule has 2 aromatic heterocycles. The molecule has 12 heteroatoms. The van der Waals surface area contributed by atoms with Gasteiger partial charge in [0.1, 0.15) is 5.75 Å². The van der Waals surface area contributed by atoms with Crippen LogP contribution in [0, 0.1) is 17.5 Å². The molecule has 1 aliphatic rings. The van der Waals surface area contributed by atoms with Crippen LogP contribution in [0.1, 0.15) is 11.1 Å². The molecule has 0 aliphatic carbocycles. The van der Waals surface area contributed by atoms with E-state index < -0.39 is 35.4 Å². The predicted octanol–water partition coefficient (Wildman–Crippen LogP) is 4.74. The van der Waals surface area contributed by atoms with Crippen LogP contribution in [0.15, 0.2) is 70.5 Å². The van der Waals surface area contributed by atoms with Gasteiger partial charge in [-0.05, 0) is 29.3 Å². The zero-order valence-corrected chi connectivity index (χ0v) is 20.7. The number of hydrogen-bond acceptors (Lipinski definition) is 6. The fourth-order valence-electron chi connectivity index (χ4n) is 4.52. The van der Waals surface area contributed by atoms with Crippen LogP contribution in [0.5, 0.6) is 5.75 Å². The van der Waals surface area contributed by atoms with Crippen LogP contribution < -0.4 is 21.4 Å². The molecule has 0 atom stereocenters. The van der Waals surface area contributed by atoms with E-state index in [1.807, 2.05) is 0 Å². The molecule has 8 nitrogen and oxygen atoms in total. The normalized spacial score (nSPS) is 12.4. The van der Waals surface area contributed by atoms with E-state index in [1.54, 1.807) is 42.6 Å². The molecular weight excluding hydrogens is 535 g/mol. The van der Waals surface area contributed by atoms with E-state index in [2.05, 4.69) is 15.3 Å². The zero-order chi connectivity index (χ0) is 27.3. The van der Waals surface area contributed by atoms with Gasteiger partial charge in [-0.2, -0.15) is 4.98 Å². The summed E-state index contributed by atoms with van der Waals surface area (Å²) in [5.41, 5.74) is -0.515. The summed E-state index contributed by atoms with van der Waals surface area (Å²) in [5.74, 6) is -4.10. The molecule has 0 spiro atoms. The molecule has 5 aromatic rings. The highest BCUT2D eigenvalue weighted by atomic mass is 35.5. The summed E-state index contributed by atoms with van der Waals surface area (Å²) in [7, 11) is 0. The lowest BCUT2D eigenvalue weighted by Gasteiger charge is -2.17. The fourth-order valence-corrected chi connectivity index (χ4v) is 4.72. The highest BCUT2D eigenvalue weighted by Crippen LogP contribution is 2.35. The molecule has 3 aromatic carbocycles. The highest BCUT2D eigenvalue weighted by molar-refractivity contribution is 6.33. The minimum absolute atomic E-state index is 0.0759. The topological polar surface area (TPSA) is 91.0 Å². The van der Waals surface area contributed by atoms with Gasteiger partial charge in [-0.1, -0.05) is 35.9 Å². The van der Waals surface area contributed by atoms with Crippen molar-refractivity contribution in [2.75, 3.05) is 11.9 Å². The third-order valence-corrected chi connectivity index (χ3v) is 6.68. The SMILES string of the molecule is O=c1nc(Nc2cc3c(cc2Cl)OCC3)n(Cc2cc(F)c(F)c(F)c2)c(=O)n1-c1cncc2ccccc12. The summed E-state index contributed by atoms with van der Waals surface area (Å²) in [6.07, 6.45) is 3.56. The van der Waals surface area contributed by atoms with E-state index in [4.69, 9.17) is 16.3 Å². The first kappa shape index (κ1) is 24.7. The molecule has 0 saturated carbocycles. The Morgan fingerprint density at radius 2 is 1.79 bits per heavy atom. The number of nitrogens with zero attached hydrogens (tertiary/aromatic N) is 4. The third kappa shape index (κ3) is 4.40. The second-order valence-corrected chi connectivity index (χ2v) is 9.25. The van der Waals surface area contributed by atoms with Crippen LogP contribution >= 0.6 is 11.6 Å². The molecule has 0 fully saturated rings. The van der Waals surface area contributed by atoms with E-state index in [9.17, 15) is 22.8 Å². The van der Waals surface area contributed by atoms with Crippen LogP contribution in [0.3, 0.4) is 0 Å². The second kappa shape index (κ2) is 9.59.